The molecule has 0 amide bonds. The molecule has 6 nitrogen and oxygen atoms in total. The van der Waals surface area contributed by atoms with Gasteiger partial charge in [-0.05, 0) is 25.1 Å². The lowest BCUT2D eigenvalue weighted by Crippen LogP contribution is -2.46. The maximum Gasteiger partial charge on any atom is 0.231 e. The maximum absolute atomic E-state index is 5.44. The van der Waals surface area contributed by atoms with E-state index >= 15 is 0 Å². The van der Waals surface area contributed by atoms with E-state index in [0.29, 0.717) is 12.8 Å². The Labute approximate surface area is 151 Å². The zero-order chi connectivity index (χ0) is 17.1. The summed E-state index contributed by atoms with van der Waals surface area (Å²) in [6.07, 6.45) is 0. The van der Waals surface area contributed by atoms with E-state index in [2.05, 4.69) is 22.5 Å². The molecule has 0 saturated carbocycles. The van der Waals surface area contributed by atoms with Crippen molar-refractivity contribution >= 4 is 11.3 Å². The highest BCUT2D eigenvalue weighted by Crippen LogP contribution is 2.36. The molecule has 0 bridgehead atoms. The number of thiazole rings is 1. The number of fused-ring (bicyclic) bond motifs is 1. The van der Waals surface area contributed by atoms with Crippen molar-refractivity contribution in [1.82, 2.24) is 15.2 Å². The van der Waals surface area contributed by atoms with Crippen molar-refractivity contribution in [3.05, 3.63) is 29.3 Å². The van der Waals surface area contributed by atoms with Crippen LogP contribution in [0.4, 0.5) is 0 Å². The van der Waals surface area contributed by atoms with Gasteiger partial charge in [0.1, 0.15) is 5.01 Å². The van der Waals surface area contributed by atoms with E-state index in [4.69, 9.17) is 19.2 Å². The molecule has 1 atom stereocenters. The quantitative estimate of drug-likeness (QED) is 0.852. The predicted octanol–water partition coefficient (Wildman–Crippen LogP) is 2.35. The zero-order valence-electron chi connectivity index (χ0n) is 14.4. The van der Waals surface area contributed by atoms with E-state index in [1.165, 1.54) is 0 Å². The van der Waals surface area contributed by atoms with Crippen molar-refractivity contribution in [1.29, 1.82) is 0 Å². The van der Waals surface area contributed by atoms with Gasteiger partial charge in [0.05, 0.1) is 18.9 Å². The van der Waals surface area contributed by atoms with Crippen molar-refractivity contribution in [2.45, 2.75) is 19.5 Å². The van der Waals surface area contributed by atoms with Crippen molar-refractivity contribution < 1.29 is 14.2 Å². The third-order valence-electron chi connectivity index (χ3n) is 4.59. The third-order valence-corrected chi connectivity index (χ3v) is 5.53. The van der Waals surface area contributed by atoms with Crippen LogP contribution in [0.25, 0.3) is 10.6 Å². The Morgan fingerprint density at radius 3 is 2.96 bits per heavy atom. The van der Waals surface area contributed by atoms with Gasteiger partial charge in [0.2, 0.25) is 6.79 Å². The number of rotatable bonds is 6. The third kappa shape index (κ3) is 3.95. The molecular weight excluding hydrogens is 338 g/mol. The molecule has 2 aliphatic rings. The van der Waals surface area contributed by atoms with Gasteiger partial charge >= 0.3 is 0 Å². The summed E-state index contributed by atoms with van der Waals surface area (Å²) < 4.78 is 16.2. The molecule has 1 unspecified atom stereocenters. The van der Waals surface area contributed by atoms with E-state index < -0.39 is 0 Å². The molecule has 0 spiro atoms. The second-order valence-electron chi connectivity index (χ2n) is 6.34. The van der Waals surface area contributed by atoms with Crippen LogP contribution in [0.2, 0.25) is 0 Å². The standard InChI is InChI=1S/C18H23N3O3S/c1-13(21-4-6-22-7-5-21)9-19-10-15-11-25-18(20-15)14-2-3-16-17(8-14)24-12-23-16/h2-3,8,11,13,19H,4-7,9-10,12H2,1H3. The van der Waals surface area contributed by atoms with E-state index in [9.17, 15) is 0 Å². The number of hydrogen-bond acceptors (Lipinski definition) is 7. The normalized spacial score (nSPS) is 18.4. The molecule has 1 aromatic heterocycles. The Bertz CT molecular complexity index is 715. The number of ether oxygens (including phenoxy) is 3. The summed E-state index contributed by atoms with van der Waals surface area (Å²) >= 11 is 1.66. The van der Waals surface area contributed by atoms with Gasteiger partial charge in [-0.15, -0.1) is 11.3 Å². The first-order valence-corrected chi connectivity index (χ1v) is 9.54. The van der Waals surface area contributed by atoms with Gasteiger partial charge in [-0.1, -0.05) is 0 Å². The van der Waals surface area contributed by atoms with Crippen LogP contribution in [0, 0.1) is 0 Å². The lowest BCUT2D eigenvalue weighted by molar-refractivity contribution is 0.0203. The molecule has 1 N–H and O–H groups in total. The lowest BCUT2D eigenvalue weighted by atomic mass is 10.2. The van der Waals surface area contributed by atoms with Crippen LogP contribution in [0.15, 0.2) is 23.6 Å². The van der Waals surface area contributed by atoms with Crippen LogP contribution >= 0.6 is 11.3 Å². The average molecular weight is 361 g/mol. The van der Waals surface area contributed by atoms with Crippen LogP contribution in [0.5, 0.6) is 11.5 Å². The summed E-state index contributed by atoms with van der Waals surface area (Å²) in [4.78, 5) is 7.21. The average Bonchev–Trinajstić information content (AvgIpc) is 3.31. The fourth-order valence-corrected chi connectivity index (χ4v) is 3.92. The molecule has 2 aromatic rings. The fraction of sp³-hybridized carbons (Fsp3) is 0.500. The van der Waals surface area contributed by atoms with Crippen LogP contribution in [0.3, 0.4) is 0 Å². The minimum absolute atomic E-state index is 0.299. The number of hydrogen-bond donors (Lipinski definition) is 1. The summed E-state index contributed by atoms with van der Waals surface area (Å²) in [5.41, 5.74) is 2.15. The zero-order valence-corrected chi connectivity index (χ0v) is 15.2. The highest BCUT2D eigenvalue weighted by molar-refractivity contribution is 7.13. The summed E-state index contributed by atoms with van der Waals surface area (Å²) in [5, 5.41) is 6.65. The maximum atomic E-state index is 5.44. The summed E-state index contributed by atoms with van der Waals surface area (Å²) in [5.74, 6) is 1.60. The van der Waals surface area contributed by atoms with Crippen LogP contribution in [-0.2, 0) is 11.3 Å². The Morgan fingerprint density at radius 2 is 2.08 bits per heavy atom. The first kappa shape index (κ1) is 16.8. The first-order valence-electron chi connectivity index (χ1n) is 8.66. The largest absolute Gasteiger partial charge is 0.454 e. The number of nitrogens with one attached hydrogen (secondary N) is 1. The Morgan fingerprint density at radius 1 is 1.24 bits per heavy atom. The molecule has 0 aliphatic carbocycles. The second kappa shape index (κ2) is 7.70. The fourth-order valence-electron chi connectivity index (χ4n) is 3.11. The molecule has 1 saturated heterocycles. The molecule has 7 heteroatoms. The topological polar surface area (TPSA) is 55.8 Å². The van der Waals surface area contributed by atoms with Gasteiger partial charge in [0, 0.05) is 43.2 Å². The monoisotopic (exact) mass is 361 g/mol. The van der Waals surface area contributed by atoms with Gasteiger partial charge in [0.15, 0.2) is 11.5 Å². The number of nitrogens with zero attached hydrogens (tertiary/aromatic N) is 2. The van der Waals surface area contributed by atoms with Crippen LogP contribution in [-0.4, -0.2) is 55.6 Å². The number of aromatic nitrogens is 1. The molecular formula is C18H23N3O3S. The van der Waals surface area contributed by atoms with Gasteiger partial charge in [-0.2, -0.15) is 0 Å². The van der Waals surface area contributed by atoms with Crippen LogP contribution < -0.4 is 14.8 Å². The molecule has 1 fully saturated rings. The summed E-state index contributed by atoms with van der Waals surface area (Å²) in [6.45, 7) is 8.03. The Balaban J connectivity index is 1.31. The first-order chi connectivity index (χ1) is 12.3. The van der Waals surface area contributed by atoms with Crippen molar-refractivity contribution in [3.8, 4) is 22.1 Å². The smallest absolute Gasteiger partial charge is 0.231 e. The van der Waals surface area contributed by atoms with E-state index in [-0.39, 0.29) is 0 Å². The van der Waals surface area contributed by atoms with Gasteiger partial charge in [0.25, 0.3) is 0 Å². The van der Waals surface area contributed by atoms with Crippen molar-refractivity contribution in [2.24, 2.45) is 0 Å². The molecule has 25 heavy (non-hydrogen) atoms. The predicted molar refractivity (Wildman–Crippen MR) is 97.2 cm³/mol. The van der Waals surface area contributed by atoms with Gasteiger partial charge in [-0.3, -0.25) is 4.90 Å². The molecule has 4 rings (SSSR count). The number of morpholine rings is 1. The minimum atomic E-state index is 0.299. The molecule has 3 heterocycles. The second-order valence-corrected chi connectivity index (χ2v) is 7.20. The highest BCUT2D eigenvalue weighted by Gasteiger charge is 2.17. The van der Waals surface area contributed by atoms with E-state index in [1.807, 2.05) is 18.2 Å². The van der Waals surface area contributed by atoms with Crippen molar-refractivity contribution in [3.63, 3.8) is 0 Å². The number of benzene rings is 1. The van der Waals surface area contributed by atoms with Crippen LogP contribution in [0.1, 0.15) is 12.6 Å². The lowest BCUT2D eigenvalue weighted by Gasteiger charge is -2.32. The molecule has 134 valence electrons. The Kier molecular flexibility index (Phi) is 5.17. The van der Waals surface area contributed by atoms with E-state index in [1.54, 1.807) is 11.3 Å². The SMILES string of the molecule is CC(CNCc1csc(-c2ccc3c(c2)OCO3)n1)N1CCOCC1. The van der Waals surface area contributed by atoms with E-state index in [0.717, 1.165) is 67.2 Å². The minimum Gasteiger partial charge on any atom is -0.454 e. The summed E-state index contributed by atoms with van der Waals surface area (Å²) in [6, 6.07) is 6.49. The van der Waals surface area contributed by atoms with Crippen molar-refractivity contribution in [2.75, 3.05) is 39.6 Å². The highest BCUT2D eigenvalue weighted by atomic mass is 32.1. The van der Waals surface area contributed by atoms with Gasteiger partial charge in [-0.25, -0.2) is 4.98 Å². The molecule has 0 radical (unpaired) electrons. The van der Waals surface area contributed by atoms with Gasteiger partial charge < -0.3 is 19.5 Å². The Hall–Kier alpha value is -1.67. The summed E-state index contributed by atoms with van der Waals surface area (Å²) in [7, 11) is 0. The molecule has 1 aromatic carbocycles. The molecule has 2 aliphatic heterocycles.